The fourth-order valence-electron chi connectivity index (χ4n) is 3.03. The van der Waals surface area contributed by atoms with Gasteiger partial charge in [0.2, 0.25) is 0 Å². The summed E-state index contributed by atoms with van der Waals surface area (Å²) in [5.74, 6) is 0.0980. The second-order valence-electron chi connectivity index (χ2n) is 7.01. The Kier molecular flexibility index (Phi) is 6.75. The molecule has 2 aromatic heterocycles. The molecule has 2 heterocycles. The maximum absolute atomic E-state index is 12.8. The minimum atomic E-state index is -0.511. The molecule has 33 heavy (non-hydrogen) atoms. The van der Waals surface area contributed by atoms with Crippen LogP contribution in [-0.2, 0) is 13.2 Å². The summed E-state index contributed by atoms with van der Waals surface area (Å²) < 4.78 is 12.8. The van der Waals surface area contributed by atoms with E-state index < -0.39 is 11.8 Å². The Morgan fingerprint density at radius 1 is 1.00 bits per heavy atom. The van der Waals surface area contributed by atoms with Gasteiger partial charge in [0.25, 0.3) is 11.8 Å². The summed E-state index contributed by atoms with van der Waals surface area (Å²) in [6.07, 6.45) is 1.60. The second-order valence-corrected chi connectivity index (χ2v) is 7.41. The molecule has 0 radical (unpaired) electrons. The summed E-state index contributed by atoms with van der Waals surface area (Å²) in [5.41, 5.74) is 1.00. The Hall–Kier alpha value is -4.04. The lowest BCUT2D eigenvalue weighted by atomic mass is 10.3. The van der Waals surface area contributed by atoms with Gasteiger partial charge in [0.1, 0.15) is 18.1 Å². The maximum Gasteiger partial charge on any atom is 0.291 e. The number of aryl methyl sites for hydroxylation is 1. The van der Waals surface area contributed by atoms with Gasteiger partial charge in [0.15, 0.2) is 11.5 Å². The van der Waals surface area contributed by atoms with E-state index in [0.29, 0.717) is 28.8 Å². The average molecular weight is 465 g/mol. The van der Waals surface area contributed by atoms with Gasteiger partial charge in [0, 0.05) is 18.4 Å². The molecule has 4 aromatic rings. The zero-order valence-electron chi connectivity index (χ0n) is 17.7. The molecule has 4 rings (SSSR count). The summed E-state index contributed by atoms with van der Waals surface area (Å²) in [6, 6.07) is 19.3. The highest BCUT2D eigenvalue weighted by atomic mass is 35.5. The van der Waals surface area contributed by atoms with Crippen molar-refractivity contribution in [3.63, 3.8) is 0 Å². The molecular weight excluding hydrogens is 444 g/mol. The molecule has 2 N–H and O–H groups in total. The molecule has 2 aromatic carbocycles. The van der Waals surface area contributed by atoms with Crippen LogP contribution in [0.4, 0.5) is 11.4 Å². The van der Waals surface area contributed by atoms with Crippen molar-refractivity contribution < 1.29 is 18.7 Å². The molecule has 0 aliphatic heterocycles. The number of nitrogens with one attached hydrogen (secondary N) is 2. The first-order valence-corrected chi connectivity index (χ1v) is 10.6. The Labute approximate surface area is 195 Å². The van der Waals surface area contributed by atoms with Crippen molar-refractivity contribution in [1.29, 1.82) is 0 Å². The van der Waals surface area contributed by atoms with Crippen molar-refractivity contribution >= 4 is 34.8 Å². The molecule has 0 atom stereocenters. The van der Waals surface area contributed by atoms with E-state index >= 15 is 0 Å². The number of carbonyl (C=O) groups excluding carboxylic acids is 2. The van der Waals surface area contributed by atoms with Gasteiger partial charge in [-0.25, -0.2) is 0 Å². The Balaban J connectivity index is 1.44. The van der Waals surface area contributed by atoms with Gasteiger partial charge in [0.05, 0.1) is 10.7 Å². The summed E-state index contributed by atoms with van der Waals surface area (Å²) in [5, 5.41) is 10.2. The predicted octanol–water partition coefficient (Wildman–Crippen LogP) is 5.23. The maximum atomic E-state index is 12.8. The Morgan fingerprint density at radius 3 is 2.52 bits per heavy atom. The molecule has 0 fully saturated rings. The fraction of sp³-hybridized carbons (Fsp3) is 0.125. The summed E-state index contributed by atoms with van der Waals surface area (Å²) in [7, 11) is 0. The number of anilines is 2. The smallest absolute Gasteiger partial charge is 0.291 e. The Morgan fingerprint density at radius 2 is 1.76 bits per heavy atom. The van der Waals surface area contributed by atoms with Crippen molar-refractivity contribution in [1.82, 2.24) is 9.78 Å². The number of amides is 2. The van der Waals surface area contributed by atoms with Gasteiger partial charge >= 0.3 is 0 Å². The number of benzene rings is 2. The van der Waals surface area contributed by atoms with Gasteiger partial charge < -0.3 is 19.8 Å². The van der Waals surface area contributed by atoms with Gasteiger partial charge in [-0.15, -0.1) is 0 Å². The predicted molar refractivity (Wildman–Crippen MR) is 125 cm³/mol. The molecular formula is C24H21ClN4O4. The van der Waals surface area contributed by atoms with Gasteiger partial charge in [-0.05, 0) is 43.3 Å². The minimum absolute atomic E-state index is 0.0754. The quantitative estimate of drug-likeness (QED) is 0.372. The zero-order chi connectivity index (χ0) is 23.2. The van der Waals surface area contributed by atoms with Gasteiger partial charge in [-0.1, -0.05) is 41.9 Å². The van der Waals surface area contributed by atoms with Crippen LogP contribution in [0.1, 0.15) is 33.7 Å². The number of rotatable bonds is 8. The van der Waals surface area contributed by atoms with E-state index in [4.69, 9.17) is 20.8 Å². The first kappa shape index (κ1) is 22.2. The summed E-state index contributed by atoms with van der Waals surface area (Å²) in [6.45, 7) is 2.52. The number of furan rings is 1. The standard InChI is InChI=1S/C24H21ClN4O4/c1-2-29-14-19(22(28-29)24(31)26-16-8-4-3-5-9-16)27-23(30)21-13-12-17(33-21)15-32-20-11-7-6-10-18(20)25/h3-14H,2,15H2,1H3,(H,26,31)(H,27,30). The molecule has 9 heteroatoms. The monoisotopic (exact) mass is 464 g/mol. The van der Waals surface area contributed by atoms with Crippen LogP contribution in [0.2, 0.25) is 5.02 Å². The van der Waals surface area contributed by atoms with Crippen LogP contribution in [0.15, 0.2) is 77.3 Å². The van der Waals surface area contributed by atoms with E-state index in [-0.39, 0.29) is 23.7 Å². The van der Waals surface area contributed by atoms with Crippen LogP contribution >= 0.6 is 11.6 Å². The van der Waals surface area contributed by atoms with Crippen LogP contribution in [0.3, 0.4) is 0 Å². The minimum Gasteiger partial charge on any atom is -0.484 e. The van der Waals surface area contributed by atoms with Crippen molar-refractivity contribution in [2.75, 3.05) is 10.6 Å². The van der Waals surface area contributed by atoms with Crippen molar-refractivity contribution in [2.24, 2.45) is 0 Å². The topological polar surface area (TPSA) is 98.4 Å². The fourth-order valence-corrected chi connectivity index (χ4v) is 3.22. The van der Waals surface area contributed by atoms with Crippen molar-refractivity contribution in [3.05, 3.63) is 95.2 Å². The SMILES string of the molecule is CCn1cc(NC(=O)c2ccc(COc3ccccc3Cl)o2)c(C(=O)Nc2ccccc2)n1. The molecule has 0 spiro atoms. The third kappa shape index (κ3) is 5.42. The first-order valence-electron chi connectivity index (χ1n) is 10.2. The van der Waals surface area contributed by atoms with Gasteiger partial charge in [-0.3, -0.25) is 14.3 Å². The van der Waals surface area contributed by atoms with E-state index in [0.717, 1.165) is 0 Å². The van der Waals surface area contributed by atoms with Crippen LogP contribution in [0, 0.1) is 0 Å². The molecule has 0 saturated heterocycles. The highest BCUT2D eigenvalue weighted by Gasteiger charge is 2.21. The first-order chi connectivity index (χ1) is 16.0. The highest BCUT2D eigenvalue weighted by Crippen LogP contribution is 2.24. The summed E-state index contributed by atoms with van der Waals surface area (Å²) in [4.78, 5) is 25.5. The zero-order valence-corrected chi connectivity index (χ0v) is 18.5. The van der Waals surface area contributed by atoms with Crippen LogP contribution in [0.5, 0.6) is 5.75 Å². The number of aromatic nitrogens is 2. The summed E-state index contributed by atoms with van der Waals surface area (Å²) >= 11 is 6.08. The normalized spacial score (nSPS) is 10.6. The second kappa shape index (κ2) is 10.1. The Bertz CT molecular complexity index is 1270. The molecule has 168 valence electrons. The third-order valence-corrected chi connectivity index (χ3v) is 4.98. The lowest BCUT2D eigenvalue weighted by molar-refractivity contribution is 0.0992. The van der Waals surface area contributed by atoms with Crippen LogP contribution < -0.4 is 15.4 Å². The number of hydrogen-bond acceptors (Lipinski definition) is 5. The number of para-hydroxylation sites is 2. The van der Waals surface area contributed by atoms with E-state index in [1.54, 1.807) is 47.3 Å². The lowest BCUT2D eigenvalue weighted by Gasteiger charge is -2.06. The molecule has 0 unspecified atom stereocenters. The van der Waals surface area contributed by atoms with E-state index in [1.165, 1.54) is 6.07 Å². The van der Waals surface area contributed by atoms with Crippen molar-refractivity contribution in [3.8, 4) is 5.75 Å². The largest absolute Gasteiger partial charge is 0.484 e. The molecule has 0 saturated carbocycles. The number of hydrogen-bond donors (Lipinski definition) is 2. The number of nitrogens with zero attached hydrogens (tertiary/aromatic N) is 2. The van der Waals surface area contributed by atoms with Crippen molar-refractivity contribution in [2.45, 2.75) is 20.1 Å². The number of halogens is 1. The average Bonchev–Trinajstić information content (AvgIpc) is 3.46. The van der Waals surface area contributed by atoms with E-state index in [9.17, 15) is 9.59 Å². The third-order valence-electron chi connectivity index (χ3n) is 4.67. The lowest BCUT2D eigenvalue weighted by Crippen LogP contribution is -2.17. The number of ether oxygens (including phenoxy) is 1. The highest BCUT2D eigenvalue weighted by molar-refractivity contribution is 6.32. The van der Waals surface area contributed by atoms with E-state index in [2.05, 4.69) is 15.7 Å². The molecule has 0 bridgehead atoms. The molecule has 0 aliphatic carbocycles. The number of carbonyl (C=O) groups is 2. The molecule has 2 amide bonds. The molecule has 8 nitrogen and oxygen atoms in total. The molecule has 0 aliphatic rings. The van der Waals surface area contributed by atoms with Gasteiger partial charge in [-0.2, -0.15) is 5.10 Å². The van der Waals surface area contributed by atoms with Crippen LogP contribution in [0.25, 0.3) is 0 Å². The van der Waals surface area contributed by atoms with E-state index in [1.807, 2.05) is 31.2 Å². The van der Waals surface area contributed by atoms with Crippen LogP contribution in [-0.4, -0.2) is 21.6 Å².